The molecule has 0 radical (unpaired) electrons. The van der Waals surface area contributed by atoms with Crippen molar-refractivity contribution >= 4 is 5.91 Å². The molecule has 1 saturated heterocycles. The van der Waals surface area contributed by atoms with E-state index in [-0.39, 0.29) is 17.9 Å². The molecule has 2 rings (SSSR count). The molecule has 1 aromatic rings. The Morgan fingerprint density at radius 3 is 2.23 bits per heavy atom. The van der Waals surface area contributed by atoms with Crippen molar-refractivity contribution < 1.29 is 4.79 Å². The number of amides is 1. The molecule has 1 amide bonds. The van der Waals surface area contributed by atoms with Crippen LogP contribution in [0.25, 0.3) is 0 Å². The molecule has 1 aromatic carbocycles. The lowest BCUT2D eigenvalue weighted by Gasteiger charge is -2.31. The molecule has 1 aliphatic rings. The predicted octanol–water partition coefficient (Wildman–Crippen LogP) is 3.55. The third kappa shape index (κ3) is 4.84. The Morgan fingerprint density at radius 1 is 1.14 bits per heavy atom. The number of rotatable bonds is 5. The molecule has 3 nitrogen and oxygen atoms in total. The Bertz CT molecular complexity index is 471. The average Bonchev–Trinajstić information content (AvgIpc) is 2.48. The van der Waals surface area contributed by atoms with Gasteiger partial charge in [0, 0.05) is 18.5 Å². The number of likely N-dealkylation sites (tertiary alicyclic amines) is 1. The normalized spacial score (nSPS) is 17.2. The molecular weight excluding hydrogens is 272 g/mol. The van der Waals surface area contributed by atoms with Crippen molar-refractivity contribution in [2.24, 2.45) is 5.92 Å². The van der Waals surface area contributed by atoms with Crippen molar-refractivity contribution in [1.29, 1.82) is 0 Å². The van der Waals surface area contributed by atoms with Crippen molar-refractivity contribution in [2.75, 3.05) is 13.1 Å². The monoisotopic (exact) mass is 302 g/mol. The van der Waals surface area contributed by atoms with Crippen molar-refractivity contribution in [2.45, 2.75) is 59.0 Å². The molecular formula is C19H30N2O. The minimum atomic E-state index is 0.196. The van der Waals surface area contributed by atoms with Crippen LogP contribution in [0.4, 0.5) is 0 Å². The molecule has 22 heavy (non-hydrogen) atoms. The second-order valence-electron chi connectivity index (χ2n) is 7.11. The molecule has 0 spiro atoms. The van der Waals surface area contributed by atoms with Gasteiger partial charge in [-0.05, 0) is 56.8 Å². The van der Waals surface area contributed by atoms with Crippen LogP contribution in [0.2, 0.25) is 0 Å². The highest BCUT2D eigenvalue weighted by molar-refractivity contribution is 5.78. The minimum absolute atomic E-state index is 0.196. The fourth-order valence-corrected chi connectivity index (χ4v) is 3.02. The standard InChI is InChI=1S/C19H30N2O/c1-14(2)17-7-5-16(6-8-17)13-21-11-9-18(10-12-21)19(22)20-15(3)4/h5-8,14-15,18H,9-13H2,1-4H3,(H,20,22). The summed E-state index contributed by atoms with van der Waals surface area (Å²) in [6.07, 6.45) is 1.95. The quantitative estimate of drug-likeness (QED) is 0.902. The third-order valence-electron chi connectivity index (χ3n) is 4.44. The first kappa shape index (κ1) is 17.0. The zero-order valence-corrected chi connectivity index (χ0v) is 14.4. The van der Waals surface area contributed by atoms with Crippen molar-refractivity contribution in [3.8, 4) is 0 Å². The summed E-state index contributed by atoms with van der Waals surface area (Å²) in [6, 6.07) is 9.20. The summed E-state index contributed by atoms with van der Waals surface area (Å²) in [7, 11) is 0. The fraction of sp³-hybridized carbons (Fsp3) is 0.632. The molecule has 0 unspecified atom stereocenters. The van der Waals surface area contributed by atoms with Gasteiger partial charge in [0.2, 0.25) is 5.91 Å². The van der Waals surface area contributed by atoms with Gasteiger partial charge in [0.25, 0.3) is 0 Å². The van der Waals surface area contributed by atoms with Crippen LogP contribution in [-0.4, -0.2) is 29.9 Å². The van der Waals surface area contributed by atoms with Gasteiger partial charge in [0.1, 0.15) is 0 Å². The van der Waals surface area contributed by atoms with Gasteiger partial charge in [-0.3, -0.25) is 9.69 Å². The SMILES string of the molecule is CC(C)NC(=O)C1CCN(Cc2ccc(C(C)C)cc2)CC1. The van der Waals surface area contributed by atoms with Gasteiger partial charge >= 0.3 is 0 Å². The van der Waals surface area contributed by atoms with Crippen LogP contribution < -0.4 is 5.32 Å². The molecule has 0 atom stereocenters. The average molecular weight is 302 g/mol. The van der Waals surface area contributed by atoms with Gasteiger partial charge in [0.05, 0.1) is 0 Å². The van der Waals surface area contributed by atoms with E-state index >= 15 is 0 Å². The van der Waals surface area contributed by atoms with Gasteiger partial charge in [-0.15, -0.1) is 0 Å². The molecule has 0 saturated carbocycles. The summed E-state index contributed by atoms with van der Waals surface area (Å²) in [5, 5.41) is 3.04. The molecule has 3 heteroatoms. The second kappa shape index (κ2) is 7.77. The first-order chi connectivity index (χ1) is 10.5. The van der Waals surface area contributed by atoms with Gasteiger partial charge in [-0.2, -0.15) is 0 Å². The number of benzene rings is 1. The minimum Gasteiger partial charge on any atom is -0.354 e. The smallest absolute Gasteiger partial charge is 0.223 e. The lowest BCUT2D eigenvalue weighted by Crippen LogP contribution is -2.42. The van der Waals surface area contributed by atoms with Crippen LogP contribution in [-0.2, 0) is 11.3 Å². The highest BCUT2D eigenvalue weighted by Gasteiger charge is 2.25. The zero-order valence-electron chi connectivity index (χ0n) is 14.4. The highest BCUT2D eigenvalue weighted by Crippen LogP contribution is 2.20. The first-order valence-corrected chi connectivity index (χ1v) is 8.57. The van der Waals surface area contributed by atoms with Crippen molar-refractivity contribution in [3.05, 3.63) is 35.4 Å². The maximum Gasteiger partial charge on any atom is 0.223 e. The Balaban J connectivity index is 1.81. The Kier molecular flexibility index (Phi) is 6.01. The highest BCUT2D eigenvalue weighted by atomic mass is 16.1. The van der Waals surface area contributed by atoms with Crippen molar-refractivity contribution in [1.82, 2.24) is 10.2 Å². The van der Waals surface area contributed by atoms with Gasteiger partial charge < -0.3 is 5.32 Å². The van der Waals surface area contributed by atoms with E-state index in [1.807, 2.05) is 13.8 Å². The maximum atomic E-state index is 12.0. The summed E-state index contributed by atoms with van der Waals surface area (Å²) < 4.78 is 0. The number of nitrogens with one attached hydrogen (secondary N) is 1. The fourth-order valence-electron chi connectivity index (χ4n) is 3.02. The van der Waals surface area contributed by atoms with Gasteiger partial charge in [-0.25, -0.2) is 0 Å². The van der Waals surface area contributed by atoms with E-state index in [1.54, 1.807) is 0 Å². The molecule has 1 heterocycles. The zero-order chi connectivity index (χ0) is 16.1. The van der Waals surface area contributed by atoms with E-state index in [1.165, 1.54) is 11.1 Å². The third-order valence-corrected chi connectivity index (χ3v) is 4.44. The van der Waals surface area contributed by atoms with E-state index in [2.05, 4.69) is 48.3 Å². The van der Waals surface area contributed by atoms with E-state index in [4.69, 9.17) is 0 Å². The number of nitrogens with zero attached hydrogens (tertiary/aromatic N) is 1. The second-order valence-corrected chi connectivity index (χ2v) is 7.11. The molecule has 1 N–H and O–H groups in total. The van der Waals surface area contributed by atoms with Crippen LogP contribution >= 0.6 is 0 Å². The largest absolute Gasteiger partial charge is 0.354 e. The molecule has 0 bridgehead atoms. The Hall–Kier alpha value is -1.35. The summed E-state index contributed by atoms with van der Waals surface area (Å²) in [6.45, 7) is 11.5. The van der Waals surface area contributed by atoms with E-state index in [0.717, 1.165) is 32.5 Å². The number of carbonyl (C=O) groups excluding carboxylic acids is 1. The maximum absolute atomic E-state index is 12.0. The van der Waals surface area contributed by atoms with Crippen LogP contribution in [0.15, 0.2) is 24.3 Å². The lowest BCUT2D eigenvalue weighted by molar-refractivity contribution is -0.127. The van der Waals surface area contributed by atoms with Crippen LogP contribution in [0, 0.1) is 5.92 Å². The Morgan fingerprint density at radius 2 is 1.73 bits per heavy atom. The van der Waals surface area contributed by atoms with Crippen LogP contribution in [0.5, 0.6) is 0 Å². The van der Waals surface area contributed by atoms with Crippen molar-refractivity contribution in [3.63, 3.8) is 0 Å². The predicted molar refractivity (Wildman–Crippen MR) is 91.8 cm³/mol. The Labute approximate surface area is 135 Å². The summed E-state index contributed by atoms with van der Waals surface area (Å²) >= 11 is 0. The topological polar surface area (TPSA) is 32.3 Å². The van der Waals surface area contributed by atoms with E-state index in [0.29, 0.717) is 5.92 Å². The number of hydrogen-bond acceptors (Lipinski definition) is 2. The number of hydrogen-bond donors (Lipinski definition) is 1. The van der Waals surface area contributed by atoms with E-state index in [9.17, 15) is 4.79 Å². The molecule has 0 aromatic heterocycles. The van der Waals surface area contributed by atoms with Gasteiger partial charge in [0.15, 0.2) is 0 Å². The van der Waals surface area contributed by atoms with E-state index < -0.39 is 0 Å². The molecule has 1 fully saturated rings. The lowest BCUT2D eigenvalue weighted by atomic mass is 9.95. The number of carbonyl (C=O) groups is 1. The molecule has 122 valence electrons. The molecule has 0 aliphatic carbocycles. The number of piperidine rings is 1. The molecule has 1 aliphatic heterocycles. The van der Waals surface area contributed by atoms with Crippen LogP contribution in [0.3, 0.4) is 0 Å². The van der Waals surface area contributed by atoms with Crippen LogP contribution in [0.1, 0.15) is 57.6 Å². The first-order valence-electron chi connectivity index (χ1n) is 8.57. The summed E-state index contributed by atoms with van der Waals surface area (Å²) in [5.74, 6) is 1.02. The van der Waals surface area contributed by atoms with Gasteiger partial charge in [-0.1, -0.05) is 38.1 Å². The summed E-state index contributed by atoms with van der Waals surface area (Å²) in [5.41, 5.74) is 2.77. The summed E-state index contributed by atoms with van der Waals surface area (Å²) in [4.78, 5) is 14.5.